The van der Waals surface area contributed by atoms with Crippen molar-refractivity contribution in [2.24, 2.45) is 5.92 Å². The van der Waals surface area contributed by atoms with Crippen molar-refractivity contribution in [1.29, 1.82) is 0 Å². The van der Waals surface area contributed by atoms with Crippen LogP contribution in [0.1, 0.15) is 47.7 Å². The second-order valence-corrected chi connectivity index (χ2v) is 10.0. The Labute approximate surface area is 181 Å². The molecule has 2 fully saturated rings. The summed E-state index contributed by atoms with van der Waals surface area (Å²) in [5.41, 5.74) is 0.800. The van der Waals surface area contributed by atoms with E-state index in [1.165, 1.54) is 9.75 Å². The minimum absolute atomic E-state index is 0.166. The number of aryl methyl sites for hydroxylation is 2. The van der Waals surface area contributed by atoms with Crippen molar-refractivity contribution in [3.05, 3.63) is 58.1 Å². The molecule has 5 nitrogen and oxygen atoms in total. The highest BCUT2D eigenvalue weighted by atomic mass is 32.1. The number of hydrogen-bond acceptors (Lipinski definition) is 5. The van der Waals surface area contributed by atoms with E-state index in [2.05, 4.69) is 29.1 Å². The highest BCUT2D eigenvalue weighted by molar-refractivity contribution is 7.11. The van der Waals surface area contributed by atoms with E-state index in [-0.39, 0.29) is 11.3 Å². The third-order valence-electron chi connectivity index (χ3n) is 6.72. The van der Waals surface area contributed by atoms with Crippen LogP contribution in [0.5, 0.6) is 0 Å². The van der Waals surface area contributed by atoms with Crippen LogP contribution >= 0.6 is 11.3 Å². The van der Waals surface area contributed by atoms with E-state index in [4.69, 9.17) is 9.51 Å². The zero-order valence-corrected chi connectivity index (χ0v) is 18.2. The van der Waals surface area contributed by atoms with Gasteiger partial charge in [-0.05, 0) is 50.7 Å². The van der Waals surface area contributed by atoms with Crippen molar-refractivity contribution in [2.45, 2.75) is 50.9 Å². The molecule has 0 N–H and O–H groups in total. The summed E-state index contributed by atoms with van der Waals surface area (Å²) < 4.78 is 5.78. The largest absolute Gasteiger partial charge is 0.341 e. The molecule has 0 unspecified atom stereocenters. The van der Waals surface area contributed by atoms with Gasteiger partial charge in [0.05, 0.1) is 5.41 Å². The summed E-state index contributed by atoms with van der Waals surface area (Å²) in [7, 11) is 0. The summed E-state index contributed by atoms with van der Waals surface area (Å²) in [6, 6.07) is 14.3. The maximum absolute atomic E-state index is 12.9. The number of rotatable bonds is 6. The van der Waals surface area contributed by atoms with Crippen LogP contribution in [0.15, 0.2) is 47.0 Å². The predicted molar refractivity (Wildman–Crippen MR) is 117 cm³/mol. The number of carbonyl (C=O) groups excluding carboxylic acids is 1. The molecule has 3 aromatic rings. The number of amides is 1. The van der Waals surface area contributed by atoms with Crippen LogP contribution in [0.4, 0.5) is 0 Å². The summed E-state index contributed by atoms with van der Waals surface area (Å²) >= 11 is 1.83. The highest BCUT2D eigenvalue weighted by Gasteiger charge is 2.55. The van der Waals surface area contributed by atoms with Crippen LogP contribution in [-0.4, -0.2) is 34.0 Å². The second kappa shape index (κ2) is 7.99. The smallest absolute Gasteiger partial charge is 0.235 e. The number of benzene rings is 1. The number of nitrogens with zero attached hydrogens (tertiary/aromatic N) is 3. The molecule has 3 heterocycles. The molecule has 156 valence electrons. The molecule has 2 aromatic heterocycles. The summed E-state index contributed by atoms with van der Waals surface area (Å²) in [4.78, 5) is 22.5. The van der Waals surface area contributed by atoms with Crippen molar-refractivity contribution < 1.29 is 9.32 Å². The first-order chi connectivity index (χ1) is 14.6. The fourth-order valence-corrected chi connectivity index (χ4v) is 6.08. The molecule has 5 rings (SSSR count). The normalized spacial score (nSPS) is 23.1. The van der Waals surface area contributed by atoms with E-state index in [0.717, 1.165) is 44.2 Å². The Kier molecular flexibility index (Phi) is 5.19. The number of hydrogen-bond donors (Lipinski definition) is 0. The third-order valence-corrected chi connectivity index (χ3v) is 7.78. The lowest BCUT2D eigenvalue weighted by molar-refractivity contribution is -0.130. The van der Waals surface area contributed by atoms with Crippen LogP contribution in [0.25, 0.3) is 11.4 Å². The van der Waals surface area contributed by atoms with Crippen LogP contribution < -0.4 is 0 Å². The summed E-state index contributed by atoms with van der Waals surface area (Å²) in [5.74, 6) is 2.04. The van der Waals surface area contributed by atoms with Crippen molar-refractivity contribution in [1.82, 2.24) is 15.0 Å². The molecule has 2 atom stereocenters. The molecule has 1 saturated carbocycles. The summed E-state index contributed by atoms with van der Waals surface area (Å²) in [6.45, 7) is 3.66. The molecule has 6 heteroatoms. The van der Waals surface area contributed by atoms with Gasteiger partial charge in [-0.25, -0.2) is 0 Å². The van der Waals surface area contributed by atoms with E-state index in [0.29, 0.717) is 30.6 Å². The van der Waals surface area contributed by atoms with Gasteiger partial charge in [0, 0.05) is 34.8 Å². The molecule has 1 aliphatic carbocycles. The van der Waals surface area contributed by atoms with Gasteiger partial charge in [0.15, 0.2) is 0 Å². The molecule has 1 amide bonds. The maximum atomic E-state index is 12.9. The van der Waals surface area contributed by atoms with Crippen LogP contribution in [0.3, 0.4) is 0 Å². The SMILES string of the molecule is Cc1ccc(CCCC(=O)N2C[C@H]3CCC[C@@]3(c3nc(-c4ccccc4)no3)C2)s1. The lowest BCUT2D eigenvalue weighted by Crippen LogP contribution is -2.34. The Hall–Kier alpha value is -2.47. The fraction of sp³-hybridized carbons (Fsp3) is 0.458. The molecule has 1 aliphatic heterocycles. The highest BCUT2D eigenvalue weighted by Crippen LogP contribution is 2.50. The van der Waals surface area contributed by atoms with Crippen LogP contribution in [-0.2, 0) is 16.6 Å². The summed E-state index contributed by atoms with van der Waals surface area (Å²) in [6.07, 6.45) is 5.81. The van der Waals surface area contributed by atoms with Gasteiger partial charge in [0.25, 0.3) is 0 Å². The number of aromatic nitrogens is 2. The lowest BCUT2D eigenvalue weighted by atomic mass is 9.80. The van der Waals surface area contributed by atoms with Gasteiger partial charge in [-0.3, -0.25) is 4.79 Å². The van der Waals surface area contributed by atoms with Gasteiger partial charge in [-0.15, -0.1) is 11.3 Å². The number of thiophene rings is 1. The molecule has 0 bridgehead atoms. The average molecular weight is 422 g/mol. The van der Waals surface area contributed by atoms with Crippen molar-refractivity contribution >= 4 is 17.2 Å². The van der Waals surface area contributed by atoms with Gasteiger partial charge in [-0.1, -0.05) is 41.9 Å². The Balaban J connectivity index is 1.27. The Morgan fingerprint density at radius 1 is 1.27 bits per heavy atom. The van der Waals surface area contributed by atoms with Crippen molar-refractivity contribution in [2.75, 3.05) is 13.1 Å². The fourth-order valence-electron chi connectivity index (χ4n) is 5.15. The van der Waals surface area contributed by atoms with Gasteiger partial charge >= 0.3 is 0 Å². The minimum Gasteiger partial charge on any atom is -0.341 e. The Morgan fingerprint density at radius 3 is 2.93 bits per heavy atom. The topological polar surface area (TPSA) is 59.2 Å². The molecule has 2 aliphatic rings. The maximum Gasteiger partial charge on any atom is 0.235 e. The van der Waals surface area contributed by atoms with E-state index in [9.17, 15) is 4.79 Å². The zero-order chi connectivity index (χ0) is 20.6. The Bertz CT molecular complexity index is 1030. The minimum atomic E-state index is -0.166. The summed E-state index contributed by atoms with van der Waals surface area (Å²) in [5, 5.41) is 4.25. The standard InChI is InChI=1S/C24H27N3O2S/c1-17-12-13-20(30-17)10-5-11-21(28)27-15-19-9-6-14-24(19,16-27)23-25-22(26-29-23)18-7-3-2-4-8-18/h2-4,7-8,12-13,19H,5-6,9-11,14-16H2,1H3/t19-,24-/m1/s1. The van der Waals surface area contributed by atoms with E-state index >= 15 is 0 Å². The molecule has 1 saturated heterocycles. The van der Waals surface area contributed by atoms with Gasteiger partial charge in [0.2, 0.25) is 17.6 Å². The second-order valence-electron chi connectivity index (χ2n) is 8.67. The average Bonchev–Trinajstić information content (AvgIpc) is 3.51. The van der Waals surface area contributed by atoms with Crippen molar-refractivity contribution in [3.8, 4) is 11.4 Å². The lowest BCUT2D eigenvalue weighted by Gasteiger charge is -2.24. The van der Waals surface area contributed by atoms with Gasteiger partial charge in [-0.2, -0.15) is 4.98 Å². The first kappa shape index (κ1) is 19.5. The molecule has 0 spiro atoms. The Morgan fingerprint density at radius 2 is 2.13 bits per heavy atom. The van der Waals surface area contributed by atoms with Crippen LogP contribution in [0, 0.1) is 12.8 Å². The van der Waals surface area contributed by atoms with E-state index in [1.807, 2.05) is 41.7 Å². The zero-order valence-electron chi connectivity index (χ0n) is 17.3. The number of likely N-dealkylation sites (tertiary alicyclic amines) is 1. The molecular formula is C24H27N3O2S. The van der Waals surface area contributed by atoms with E-state index in [1.54, 1.807) is 0 Å². The molecule has 0 radical (unpaired) electrons. The van der Waals surface area contributed by atoms with Crippen molar-refractivity contribution in [3.63, 3.8) is 0 Å². The van der Waals surface area contributed by atoms with Gasteiger partial charge < -0.3 is 9.42 Å². The van der Waals surface area contributed by atoms with E-state index < -0.39 is 0 Å². The first-order valence-corrected chi connectivity index (χ1v) is 11.7. The first-order valence-electron chi connectivity index (χ1n) is 10.9. The predicted octanol–water partition coefficient (Wildman–Crippen LogP) is 5.01. The molecular weight excluding hydrogens is 394 g/mol. The molecule has 30 heavy (non-hydrogen) atoms. The van der Waals surface area contributed by atoms with Gasteiger partial charge in [0.1, 0.15) is 0 Å². The van der Waals surface area contributed by atoms with Crippen LogP contribution in [0.2, 0.25) is 0 Å². The molecule has 1 aromatic carbocycles. The monoisotopic (exact) mass is 421 g/mol. The quantitative estimate of drug-likeness (QED) is 0.561. The number of carbonyl (C=O) groups is 1. The number of fused-ring (bicyclic) bond motifs is 1. The third kappa shape index (κ3) is 3.58.